The molecule has 0 atom stereocenters. The molecule has 2 amide bonds. The summed E-state index contributed by atoms with van der Waals surface area (Å²) in [6, 6.07) is 22.1. The first-order chi connectivity index (χ1) is 17.0. The van der Waals surface area contributed by atoms with Crippen LogP contribution in [0.5, 0.6) is 11.5 Å². The van der Waals surface area contributed by atoms with Crippen molar-refractivity contribution in [3.63, 3.8) is 0 Å². The molecule has 6 nitrogen and oxygen atoms in total. The van der Waals surface area contributed by atoms with Gasteiger partial charge in [0.05, 0.1) is 21.6 Å². The standard InChI is InChI=1S/C27H22INO5S/c1-2-33-23-14-19(13-21(28)25(23)34-17-18-9-5-3-6-10-18)15-24-26(31)29(27(32)35-24)16-22(30)20-11-7-4-8-12-20/h3-15H,2,16-17H2,1H3/b24-15+. The molecule has 0 saturated carbocycles. The highest BCUT2D eigenvalue weighted by atomic mass is 127. The van der Waals surface area contributed by atoms with E-state index in [4.69, 9.17) is 9.47 Å². The van der Waals surface area contributed by atoms with E-state index in [1.54, 1.807) is 42.5 Å². The van der Waals surface area contributed by atoms with Crippen LogP contribution in [0.3, 0.4) is 0 Å². The van der Waals surface area contributed by atoms with E-state index in [1.165, 1.54) is 0 Å². The van der Waals surface area contributed by atoms with Crippen LogP contribution in [0.15, 0.2) is 77.7 Å². The smallest absolute Gasteiger partial charge is 0.293 e. The number of ether oxygens (including phenoxy) is 2. The molecule has 0 aromatic heterocycles. The maximum atomic E-state index is 12.9. The Labute approximate surface area is 221 Å². The Morgan fingerprint density at radius 3 is 2.37 bits per heavy atom. The van der Waals surface area contributed by atoms with Crippen LogP contribution in [-0.4, -0.2) is 35.0 Å². The number of Topliss-reactive ketones (excluding diaryl/α,β-unsaturated/α-hetero) is 1. The Bertz CT molecular complexity index is 1280. The van der Waals surface area contributed by atoms with Gasteiger partial charge in [-0.3, -0.25) is 19.3 Å². The average molecular weight is 599 g/mol. The highest BCUT2D eigenvalue weighted by Gasteiger charge is 2.36. The van der Waals surface area contributed by atoms with E-state index in [2.05, 4.69) is 22.6 Å². The summed E-state index contributed by atoms with van der Waals surface area (Å²) in [5.74, 6) is 0.402. The number of nitrogens with zero attached hydrogens (tertiary/aromatic N) is 1. The summed E-state index contributed by atoms with van der Waals surface area (Å²) in [5, 5.41) is -0.465. The fraction of sp³-hybridized carbons (Fsp3) is 0.148. The molecule has 0 spiro atoms. The molecule has 0 unspecified atom stereocenters. The van der Waals surface area contributed by atoms with Crippen LogP contribution < -0.4 is 9.47 Å². The van der Waals surface area contributed by atoms with Crippen molar-refractivity contribution in [1.29, 1.82) is 0 Å². The molecule has 0 N–H and O–H groups in total. The van der Waals surface area contributed by atoms with Gasteiger partial charge in [-0.1, -0.05) is 60.7 Å². The van der Waals surface area contributed by atoms with Crippen molar-refractivity contribution in [3.8, 4) is 11.5 Å². The van der Waals surface area contributed by atoms with Crippen LogP contribution >= 0.6 is 34.4 Å². The van der Waals surface area contributed by atoms with E-state index in [0.29, 0.717) is 35.8 Å². The Morgan fingerprint density at radius 1 is 1.00 bits per heavy atom. The number of benzene rings is 3. The van der Waals surface area contributed by atoms with Gasteiger partial charge in [0.2, 0.25) is 0 Å². The average Bonchev–Trinajstić information content (AvgIpc) is 3.12. The number of hydrogen-bond donors (Lipinski definition) is 0. The second kappa shape index (κ2) is 11.5. The van der Waals surface area contributed by atoms with Crippen molar-refractivity contribution in [2.45, 2.75) is 13.5 Å². The van der Waals surface area contributed by atoms with Gasteiger partial charge in [0.1, 0.15) is 6.61 Å². The monoisotopic (exact) mass is 599 g/mol. The molecule has 1 saturated heterocycles. The van der Waals surface area contributed by atoms with Crippen LogP contribution in [0.25, 0.3) is 6.08 Å². The molecule has 8 heteroatoms. The molecule has 3 aromatic carbocycles. The van der Waals surface area contributed by atoms with Crippen molar-refractivity contribution in [2.75, 3.05) is 13.2 Å². The minimum Gasteiger partial charge on any atom is -0.490 e. The van der Waals surface area contributed by atoms with Crippen molar-refractivity contribution in [3.05, 3.63) is 98.0 Å². The molecule has 4 rings (SSSR count). The molecule has 1 heterocycles. The van der Waals surface area contributed by atoms with Gasteiger partial charge in [-0.2, -0.15) is 0 Å². The predicted molar refractivity (Wildman–Crippen MR) is 145 cm³/mol. The highest BCUT2D eigenvalue weighted by Crippen LogP contribution is 2.38. The molecule has 3 aromatic rings. The Morgan fingerprint density at radius 2 is 1.69 bits per heavy atom. The lowest BCUT2D eigenvalue weighted by molar-refractivity contribution is -0.122. The third kappa shape index (κ3) is 6.12. The summed E-state index contributed by atoms with van der Waals surface area (Å²) in [4.78, 5) is 39.2. The fourth-order valence-corrected chi connectivity index (χ4v) is 5.07. The van der Waals surface area contributed by atoms with Crippen molar-refractivity contribution >= 4 is 57.4 Å². The van der Waals surface area contributed by atoms with Crippen LogP contribution in [0.1, 0.15) is 28.4 Å². The molecule has 35 heavy (non-hydrogen) atoms. The Kier molecular flexibility index (Phi) is 8.25. The summed E-state index contributed by atoms with van der Waals surface area (Å²) in [5.41, 5.74) is 2.19. The number of ketones is 1. The largest absolute Gasteiger partial charge is 0.490 e. The highest BCUT2D eigenvalue weighted by molar-refractivity contribution is 14.1. The second-order valence-corrected chi connectivity index (χ2v) is 9.75. The molecule has 1 aliphatic heterocycles. The minimum atomic E-state index is -0.485. The van der Waals surface area contributed by atoms with Gasteiger partial charge >= 0.3 is 0 Å². The lowest BCUT2D eigenvalue weighted by atomic mass is 10.1. The lowest BCUT2D eigenvalue weighted by Crippen LogP contribution is -2.33. The third-order valence-electron chi connectivity index (χ3n) is 5.13. The van der Waals surface area contributed by atoms with Gasteiger partial charge in [0.25, 0.3) is 11.1 Å². The number of thioether (sulfide) groups is 1. The van der Waals surface area contributed by atoms with Crippen LogP contribution in [-0.2, 0) is 11.4 Å². The number of carbonyl (C=O) groups excluding carboxylic acids is 3. The summed E-state index contributed by atoms with van der Waals surface area (Å²) < 4.78 is 12.7. The molecule has 0 bridgehead atoms. The van der Waals surface area contributed by atoms with E-state index in [-0.39, 0.29) is 17.2 Å². The summed E-state index contributed by atoms with van der Waals surface area (Å²) in [6.45, 7) is 2.43. The molecular formula is C27H22INO5S. The van der Waals surface area contributed by atoms with Gasteiger partial charge in [0, 0.05) is 5.56 Å². The first-order valence-corrected chi connectivity index (χ1v) is 12.8. The van der Waals surface area contributed by atoms with Crippen molar-refractivity contribution in [1.82, 2.24) is 4.90 Å². The maximum Gasteiger partial charge on any atom is 0.293 e. The van der Waals surface area contributed by atoms with E-state index in [9.17, 15) is 14.4 Å². The van der Waals surface area contributed by atoms with Crippen molar-refractivity contribution < 1.29 is 23.9 Å². The second-order valence-electron chi connectivity index (χ2n) is 7.59. The minimum absolute atomic E-state index is 0.257. The number of hydrogen-bond acceptors (Lipinski definition) is 6. The molecule has 178 valence electrons. The SMILES string of the molecule is CCOc1cc(/C=C2/SC(=O)N(CC(=O)c3ccccc3)C2=O)cc(I)c1OCc1ccccc1. The Hall–Kier alpha value is -3.11. The zero-order valence-electron chi connectivity index (χ0n) is 18.9. The first-order valence-electron chi connectivity index (χ1n) is 10.9. The van der Waals surface area contributed by atoms with Crippen molar-refractivity contribution in [2.24, 2.45) is 0 Å². The summed E-state index contributed by atoms with van der Waals surface area (Å²) in [6.07, 6.45) is 1.64. The summed E-state index contributed by atoms with van der Waals surface area (Å²) in [7, 11) is 0. The number of imide groups is 1. The normalized spacial score (nSPS) is 14.5. The Balaban J connectivity index is 1.53. The van der Waals surface area contributed by atoms with Crippen LogP contribution in [0.4, 0.5) is 4.79 Å². The van der Waals surface area contributed by atoms with E-state index in [1.807, 2.05) is 43.3 Å². The third-order valence-corrected chi connectivity index (χ3v) is 6.84. The number of rotatable bonds is 9. The number of carbonyl (C=O) groups is 3. The molecule has 0 aliphatic carbocycles. The summed E-state index contributed by atoms with van der Waals surface area (Å²) >= 11 is 2.99. The number of amides is 2. The van der Waals surface area contributed by atoms with Gasteiger partial charge < -0.3 is 9.47 Å². The number of halogens is 1. The van der Waals surface area contributed by atoms with Gasteiger partial charge in [-0.05, 0) is 70.6 Å². The fourth-order valence-electron chi connectivity index (χ4n) is 3.45. The van der Waals surface area contributed by atoms with E-state index < -0.39 is 11.1 Å². The zero-order chi connectivity index (χ0) is 24.8. The van der Waals surface area contributed by atoms with Gasteiger partial charge in [-0.15, -0.1) is 0 Å². The van der Waals surface area contributed by atoms with Crippen LogP contribution in [0, 0.1) is 3.57 Å². The molecule has 0 radical (unpaired) electrons. The first kappa shape index (κ1) is 25.0. The zero-order valence-corrected chi connectivity index (χ0v) is 21.9. The molecule has 1 fully saturated rings. The molecule has 1 aliphatic rings. The van der Waals surface area contributed by atoms with E-state index >= 15 is 0 Å². The maximum absolute atomic E-state index is 12.9. The molecular weight excluding hydrogens is 577 g/mol. The predicted octanol–water partition coefficient (Wildman–Crippen LogP) is 6.19. The van der Waals surface area contributed by atoms with E-state index in [0.717, 1.165) is 25.8 Å². The van der Waals surface area contributed by atoms with Gasteiger partial charge in [-0.25, -0.2) is 0 Å². The lowest BCUT2D eigenvalue weighted by Gasteiger charge is -2.15. The topological polar surface area (TPSA) is 72.9 Å². The van der Waals surface area contributed by atoms with Gasteiger partial charge in [0.15, 0.2) is 17.3 Å². The van der Waals surface area contributed by atoms with Crippen LogP contribution in [0.2, 0.25) is 0 Å². The quantitative estimate of drug-likeness (QED) is 0.166.